The smallest absolute Gasteiger partial charge is 0.381 e. The molecule has 0 aromatic carbocycles. The van der Waals surface area contributed by atoms with E-state index in [1.165, 1.54) is 6.08 Å². The van der Waals surface area contributed by atoms with E-state index in [4.69, 9.17) is 10.5 Å². The second-order valence-electron chi connectivity index (χ2n) is 7.14. The molecule has 0 bridgehead atoms. The Morgan fingerprint density at radius 1 is 1.37 bits per heavy atom. The van der Waals surface area contributed by atoms with E-state index in [1.54, 1.807) is 20.2 Å². The van der Waals surface area contributed by atoms with Crippen LogP contribution >= 0.6 is 0 Å². The van der Waals surface area contributed by atoms with Crippen molar-refractivity contribution in [3.8, 4) is 0 Å². The van der Waals surface area contributed by atoms with Crippen molar-refractivity contribution in [1.82, 2.24) is 5.32 Å². The molecule has 0 aromatic heterocycles. The molecule has 1 fully saturated rings. The van der Waals surface area contributed by atoms with Crippen LogP contribution in [0, 0.1) is 5.41 Å². The Balaban J connectivity index is 2.71. The molecule has 156 valence electrons. The zero-order valence-electron chi connectivity index (χ0n) is 16.4. The fourth-order valence-corrected chi connectivity index (χ4v) is 3.47. The van der Waals surface area contributed by atoms with Crippen LogP contribution in [0.3, 0.4) is 0 Å². The third kappa shape index (κ3) is 7.92. The number of rotatable bonds is 9. The second kappa shape index (κ2) is 10.7. The van der Waals surface area contributed by atoms with Crippen LogP contribution in [0.25, 0.3) is 0 Å². The van der Waals surface area contributed by atoms with E-state index in [0.29, 0.717) is 18.9 Å². The zero-order valence-corrected chi connectivity index (χ0v) is 16.4. The summed E-state index contributed by atoms with van der Waals surface area (Å²) in [5.74, 6) is 0.373. The van der Waals surface area contributed by atoms with Gasteiger partial charge >= 0.3 is 6.18 Å². The first kappa shape index (κ1) is 23.5. The molecule has 1 rings (SSSR count). The lowest BCUT2D eigenvalue weighted by molar-refractivity contribution is -0.211. The highest BCUT2D eigenvalue weighted by Crippen LogP contribution is 2.41. The highest BCUT2D eigenvalue weighted by atomic mass is 19.4. The molecule has 1 unspecified atom stereocenters. The van der Waals surface area contributed by atoms with E-state index in [9.17, 15) is 13.2 Å². The van der Waals surface area contributed by atoms with E-state index >= 15 is 0 Å². The van der Waals surface area contributed by atoms with E-state index in [-0.39, 0.29) is 17.9 Å². The van der Waals surface area contributed by atoms with E-state index in [0.717, 1.165) is 38.4 Å². The Bertz CT molecular complexity index is 525. The Morgan fingerprint density at radius 3 is 2.48 bits per heavy atom. The van der Waals surface area contributed by atoms with Crippen molar-refractivity contribution in [2.75, 3.05) is 27.8 Å². The summed E-state index contributed by atoms with van der Waals surface area (Å²) < 4.78 is 48.2. The zero-order chi connectivity index (χ0) is 20.5. The lowest BCUT2D eigenvalue weighted by Crippen LogP contribution is -2.43. The molecule has 1 atom stereocenters. The minimum absolute atomic E-state index is 0.0730. The van der Waals surface area contributed by atoms with Crippen molar-refractivity contribution in [2.24, 2.45) is 16.1 Å². The number of methoxy groups -OCH3 is 2. The Kier molecular flexibility index (Phi) is 9.32. The molecule has 0 spiro atoms. The Hall–Kier alpha value is -1.54. The van der Waals surface area contributed by atoms with Gasteiger partial charge in [-0.2, -0.15) is 13.2 Å². The van der Waals surface area contributed by atoms with Crippen molar-refractivity contribution in [3.05, 3.63) is 24.3 Å². The summed E-state index contributed by atoms with van der Waals surface area (Å²) in [6.07, 6.45) is 1.36. The number of hydrogen-bond donors (Lipinski definition) is 2. The van der Waals surface area contributed by atoms with Gasteiger partial charge in [-0.25, -0.2) is 0 Å². The predicted octanol–water partition coefficient (Wildman–Crippen LogP) is 3.57. The van der Waals surface area contributed by atoms with Gasteiger partial charge in [0.25, 0.3) is 0 Å². The normalized spacial score (nSPS) is 25.6. The SMILES string of the molecule is C=C(/C=C\CC(OC)C(F)(F)F)CC1(CNC(N)=NC)CCC(OC)CC1. The van der Waals surface area contributed by atoms with Gasteiger partial charge < -0.3 is 20.5 Å². The van der Waals surface area contributed by atoms with Crippen molar-refractivity contribution >= 4 is 5.96 Å². The van der Waals surface area contributed by atoms with E-state index in [2.05, 4.69) is 21.6 Å². The maximum atomic E-state index is 12.7. The average Bonchev–Trinajstić information content (AvgIpc) is 2.63. The number of halogens is 3. The number of alkyl halides is 3. The van der Waals surface area contributed by atoms with Gasteiger partial charge in [-0.3, -0.25) is 4.99 Å². The standard InChI is InChI=1S/C19H32F3N3O2/c1-14(6-5-7-16(27-4)19(20,21)22)12-18(13-25-17(23)24-2)10-8-15(26-3)9-11-18/h5-6,15-16H,1,7-13H2,2-4H3,(H3,23,24,25)/b6-5-. The molecule has 0 radical (unpaired) electrons. The molecular formula is C19H32F3N3O2. The summed E-state index contributed by atoms with van der Waals surface area (Å²) in [7, 11) is 4.40. The molecule has 5 nitrogen and oxygen atoms in total. The number of nitrogens with zero attached hydrogens (tertiary/aromatic N) is 1. The van der Waals surface area contributed by atoms with Crippen molar-refractivity contribution in [2.45, 2.75) is 56.9 Å². The molecule has 8 heteroatoms. The summed E-state index contributed by atoms with van der Waals surface area (Å²) in [5, 5.41) is 3.14. The monoisotopic (exact) mass is 391 g/mol. The van der Waals surface area contributed by atoms with Crippen LogP contribution in [0.2, 0.25) is 0 Å². The van der Waals surface area contributed by atoms with Gasteiger partial charge in [0.15, 0.2) is 12.1 Å². The van der Waals surface area contributed by atoms with E-state index < -0.39 is 12.3 Å². The molecule has 0 amide bonds. The van der Waals surface area contributed by atoms with Crippen LogP contribution in [0.4, 0.5) is 13.2 Å². The van der Waals surface area contributed by atoms with Gasteiger partial charge in [0.05, 0.1) is 6.10 Å². The van der Waals surface area contributed by atoms with Crippen LogP contribution in [0.1, 0.15) is 38.5 Å². The molecule has 3 N–H and O–H groups in total. The topological polar surface area (TPSA) is 68.9 Å². The largest absolute Gasteiger partial charge is 0.414 e. The quantitative estimate of drug-likeness (QED) is 0.358. The van der Waals surface area contributed by atoms with Gasteiger partial charge in [0, 0.05) is 34.2 Å². The summed E-state index contributed by atoms with van der Waals surface area (Å²) in [5.41, 5.74) is 6.48. The summed E-state index contributed by atoms with van der Waals surface area (Å²) in [6, 6.07) is 0. The number of guanidine groups is 1. The molecule has 0 heterocycles. The summed E-state index contributed by atoms with van der Waals surface area (Å²) in [4.78, 5) is 3.92. The third-order valence-corrected chi connectivity index (χ3v) is 5.17. The Labute approximate surface area is 159 Å². The fourth-order valence-electron chi connectivity index (χ4n) is 3.47. The molecule has 1 aliphatic rings. The lowest BCUT2D eigenvalue weighted by Gasteiger charge is -2.40. The summed E-state index contributed by atoms with van der Waals surface area (Å²) in [6.45, 7) is 4.68. The average molecular weight is 391 g/mol. The number of ether oxygens (including phenoxy) is 2. The highest BCUT2D eigenvalue weighted by Gasteiger charge is 2.39. The van der Waals surface area contributed by atoms with Gasteiger partial charge in [0.2, 0.25) is 0 Å². The first-order valence-corrected chi connectivity index (χ1v) is 9.08. The van der Waals surface area contributed by atoms with Crippen LogP contribution < -0.4 is 11.1 Å². The maximum Gasteiger partial charge on any atom is 0.414 e. The van der Waals surface area contributed by atoms with Crippen LogP contribution in [-0.2, 0) is 9.47 Å². The van der Waals surface area contributed by atoms with E-state index in [1.807, 2.05) is 0 Å². The number of nitrogens with one attached hydrogen (secondary N) is 1. The van der Waals surface area contributed by atoms with Gasteiger partial charge in [-0.1, -0.05) is 24.3 Å². The molecule has 27 heavy (non-hydrogen) atoms. The van der Waals surface area contributed by atoms with Crippen LogP contribution in [-0.4, -0.2) is 52.2 Å². The molecule has 0 aliphatic heterocycles. The van der Waals surface area contributed by atoms with Crippen molar-refractivity contribution in [3.63, 3.8) is 0 Å². The summed E-state index contributed by atoms with van der Waals surface area (Å²) >= 11 is 0. The van der Waals surface area contributed by atoms with Crippen molar-refractivity contribution < 1.29 is 22.6 Å². The lowest BCUT2D eigenvalue weighted by atomic mass is 9.69. The first-order valence-electron chi connectivity index (χ1n) is 9.08. The molecule has 1 aliphatic carbocycles. The highest BCUT2D eigenvalue weighted by molar-refractivity contribution is 5.77. The number of hydrogen-bond acceptors (Lipinski definition) is 3. The maximum absolute atomic E-state index is 12.7. The minimum atomic E-state index is -4.37. The van der Waals surface area contributed by atoms with Gasteiger partial charge in [-0.15, -0.1) is 0 Å². The van der Waals surface area contributed by atoms with Gasteiger partial charge in [-0.05, 0) is 37.5 Å². The molecular weight excluding hydrogens is 359 g/mol. The van der Waals surface area contributed by atoms with Gasteiger partial charge in [0.1, 0.15) is 0 Å². The second-order valence-corrected chi connectivity index (χ2v) is 7.14. The van der Waals surface area contributed by atoms with Crippen LogP contribution in [0.15, 0.2) is 29.3 Å². The first-order chi connectivity index (χ1) is 12.7. The fraction of sp³-hybridized carbons (Fsp3) is 0.737. The molecule has 0 saturated heterocycles. The third-order valence-electron chi connectivity index (χ3n) is 5.17. The number of allylic oxidation sites excluding steroid dienone is 2. The predicted molar refractivity (Wildman–Crippen MR) is 102 cm³/mol. The number of nitrogens with two attached hydrogens (primary N) is 1. The Morgan fingerprint density at radius 2 is 2.00 bits per heavy atom. The van der Waals surface area contributed by atoms with Crippen LogP contribution in [0.5, 0.6) is 0 Å². The van der Waals surface area contributed by atoms with Crippen molar-refractivity contribution in [1.29, 1.82) is 0 Å². The molecule has 1 saturated carbocycles. The number of aliphatic imine (C=N–C) groups is 1. The molecule has 0 aromatic rings. The minimum Gasteiger partial charge on any atom is -0.381 e.